The Bertz CT molecular complexity index is 789. The lowest BCUT2D eigenvalue weighted by molar-refractivity contribution is -0.141. The fourth-order valence-electron chi connectivity index (χ4n) is 3.45. The lowest BCUT2D eigenvalue weighted by Crippen LogP contribution is -2.18. The molecule has 0 saturated heterocycles. The second-order valence-corrected chi connectivity index (χ2v) is 5.83. The minimum Gasteiger partial charge on any atom is -0.481 e. The Morgan fingerprint density at radius 2 is 1.55 bits per heavy atom. The highest BCUT2D eigenvalue weighted by molar-refractivity contribution is 5.97. The largest absolute Gasteiger partial charge is 0.481 e. The fourth-order valence-corrected chi connectivity index (χ4v) is 3.45. The van der Waals surface area contributed by atoms with E-state index in [4.69, 9.17) is 4.74 Å². The maximum atomic E-state index is 11.4. The predicted octanol–water partition coefficient (Wildman–Crippen LogP) is 4.59. The van der Waals surface area contributed by atoms with Crippen molar-refractivity contribution in [2.75, 3.05) is 0 Å². The molecule has 3 heteroatoms. The molecule has 0 bridgehead atoms. The number of ether oxygens (including phenoxy) is 1. The zero-order valence-corrected chi connectivity index (χ0v) is 12.1. The Kier molecular flexibility index (Phi) is 3.00. The van der Waals surface area contributed by atoms with Crippen LogP contribution in [0.25, 0.3) is 11.1 Å². The van der Waals surface area contributed by atoms with Gasteiger partial charge in [-0.25, -0.2) is 0 Å². The summed E-state index contributed by atoms with van der Waals surface area (Å²) in [6.07, 6.45) is 2.03. The molecule has 0 radical (unpaired) electrons. The summed E-state index contributed by atoms with van der Waals surface area (Å²) < 4.78 is 6.10. The lowest BCUT2D eigenvalue weighted by Gasteiger charge is -2.24. The van der Waals surface area contributed by atoms with Crippen molar-refractivity contribution < 1.29 is 14.6 Å². The summed E-state index contributed by atoms with van der Waals surface area (Å²) in [5, 5.41) is 9.39. The molecule has 0 fully saturated rings. The van der Waals surface area contributed by atoms with Gasteiger partial charge in [-0.1, -0.05) is 36.4 Å². The van der Waals surface area contributed by atoms with Crippen LogP contribution >= 0.6 is 0 Å². The second kappa shape index (κ2) is 5.02. The van der Waals surface area contributed by atoms with Gasteiger partial charge in [-0.2, -0.15) is 0 Å². The average Bonchev–Trinajstić information content (AvgIpc) is 2.69. The molecule has 22 heavy (non-hydrogen) atoms. The van der Waals surface area contributed by atoms with Crippen molar-refractivity contribution in [3.05, 3.63) is 59.7 Å². The van der Waals surface area contributed by atoms with Gasteiger partial charge in [0.05, 0.1) is 5.92 Å². The molecule has 1 unspecified atom stereocenters. The van der Waals surface area contributed by atoms with Crippen LogP contribution in [-0.2, 0) is 4.79 Å². The van der Waals surface area contributed by atoms with E-state index >= 15 is 0 Å². The van der Waals surface area contributed by atoms with Gasteiger partial charge in [-0.15, -0.1) is 0 Å². The smallest absolute Gasteiger partial charge is 0.306 e. The van der Waals surface area contributed by atoms with E-state index in [-0.39, 0.29) is 5.92 Å². The van der Waals surface area contributed by atoms with Crippen LogP contribution in [0.1, 0.15) is 30.4 Å². The fraction of sp³-hybridized carbons (Fsp3) is 0.211. The predicted molar refractivity (Wildman–Crippen MR) is 84.7 cm³/mol. The topological polar surface area (TPSA) is 46.5 Å². The van der Waals surface area contributed by atoms with Gasteiger partial charge in [0, 0.05) is 11.1 Å². The van der Waals surface area contributed by atoms with Gasteiger partial charge >= 0.3 is 5.97 Å². The van der Waals surface area contributed by atoms with Gasteiger partial charge in [0.15, 0.2) is 0 Å². The van der Waals surface area contributed by atoms with E-state index in [9.17, 15) is 9.90 Å². The maximum Gasteiger partial charge on any atom is 0.306 e. The summed E-state index contributed by atoms with van der Waals surface area (Å²) in [4.78, 5) is 11.4. The Hall–Kier alpha value is -2.55. The lowest BCUT2D eigenvalue weighted by atomic mass is 9.78. The average molecular weight is 292 g/mol. The van der Waals surface area contributed by atoms with E-state index in [1.807, 2.05) is 42.5 Å². The first-order chi connectivity index (χ1) is 10.7. The van der Waals surface area contributed by atoms with Gasteiger partial charge in [-0.3, -0.25) is 4.79 Å². The molecule has 1 aliphatic carbocycles. The standard InChI is InChI=1S/C19H16O3/c20-19(21)12-9-10-13-14-5-1-3-7-17(14)22-18-8-4-2-6-15(18)16(13)11-12/h1-8,12H,9-11H2,(H,20,21). The number of carbonyl (C=O) groups is 1. The van der Waals surface area contributed by atoms with Crippen molar-refractivity contribution in [3.8, 4) is 11.5 Å². The second-order valence-electron chi connectivity index (χ2n) is 5.83. The van der Waals surface area contributed by atoms with Crippen molar-refractivity contribution in [2.24, 2.45) is 5.92 Å². The van der Waals surface area contributed by atoms with Gasteiger partial charge in [0.1, 0.15) is 11.5 Å². The Morgan fingerprint density at radius 3 is 2.18 bits per heavy atom. The van der Waals surface area contributed by atoms with Crippen LogP contribution in [0.15, 0.2) is 48.5 Å². The molecule has 4 rings (SSSR count). The maximum absolute atomic E-state index is 11.4. The van der Waals surface area contributed by atoms with E-state index in [1.54, 1.807) is 0 Å². The third kappa shape index (κ3) is 2.01. The van der Waals surface area contributed by atoms with Gasteiger partial charge in [-0.05, 0) is 42.5 Å². The van der Waals surface area contributed by atoms with Crippen molar-refractivity contribution in [1.29, 1.82) is 0 Å². The minimum atomic E-state index is -0.706. The number of aliphatic carboxylic acids is 1. The van der Waals surface area contributed by atoms with Crippen LogP contribution in [0, 0.1) is 5.92 Å². The molecule has 1 aliphatic heterocycles. The molecule has 0 aromatic heterocycles. The molecule has 110 valence electrons. The molecule has 2 aromatic rings. The first-order valence-electron chi connectivity index (χ1n) is 7.55. The molecule has 3 nitrogen and oxygen atoms in total. The third-order valence-corrected chi connectivity index (χ3v) is 4.55. The normalized spacial score (nSPS) is 19.4. The molecular weight excluding hydrogens is 276 g/mol. The van der Waals surface area contributed by atoms with E-state index in [0.717, 1.165) is 34.6 Å². The molecule has 1 atom stereocenters. The number of carboxylic acid groups (broad SMARTS) is 1. The molecular formula is C19H16O3. The summed E-state index contributed by atoms with van der Waals surface area (Å²) in [7, 11) is 0. The highest BCUT2D eigenvalue weighted by atomic mass is 16.5. The van der Waals surface area contributed by atoms with Gasteiger partial charge in [0.25, 0.3) is 0 Å². The van der Waals surface area contributed by atoms with Gasteiger partial charge < -0.3 is 9.84 Å². The molecule has 0 amide bonds. The summed E-state index contributed by atoms with van der Waals surface area (Å²) in [6, 6.07) is 15.9. The van der Waals surface area contributed by atoms with Crippen LogP contribution in [0.5, 0.6) is 11.5 Å². The molecule has 0 spiro atoms. The zero-order chi connectivity index (χ0) is 15.1. The van der Waals surface area contributed by atoms with Crippen LogP contribution in [0.2, 0.25) is 0 Å². The number of carboxylic acids is 1. The molecule has 2 aromatic carbocycles. The minimum absolute atomic E-state index is 0.308. The molecule has 0 saturated carbocycles. The van der Waals surface area contributed by atoms with Gasteiger partial charge in [0.2, 0.25) is 0 Å². The summed E-state index contributed by atoms with van der Waals surface area (Å²) in [6.45, 7) is 0. The summed E-state index contributed by atoms with van der Waals surface area (Å²) in [5.41, 5.74) is 4.48. The van der Waals surface area contributed by atoms with Crippen molar-refractivity contribution >= 4 is 17.1 Å². The number of allylic oxidation sites excluding steroid dienone is 2. The monoisotopic (exact) mass is 292 g/mol. The molecule has 1 N–H and O–H groups in total. The first kappa shape index (κ1) is 13.1. The van der Waals surface area contributed by atoms with Crippen LogP contribution in [0.4, 0.5) is 0 Å². The highest BCUT2D eigenvalue weighted by Gasteiger charge is 2.31. The Balaban J connectivity index is 1.95. The molecule has 2 aliphatic rings. The quantitative estimate of drug-likeness (QED) is 0.836. The van der Waals surface area contributed by atoms with Crippen LogP contribution in [-0.4, -0.2) is 11.1 Å². The van der Waals surface area contributed by atoms with E-state index < -0.39 is 5.97 Å². The van der Waals surface area contributed by atoms with Crippen molar-refractivity contribution in [2.45, 2.75) is 19.3 Å². The number of para-hydroxylation sites is 2. The van der Waals surface area contributed by atoms with E-state index in [1.165, 1.54) is 5.57 Å². The van der Waals surface area contributed by atoms with E-state index in [0.29, 0.717) is 12.8 Å². The number of hydrogen-bond donors (Lipinski definition) is 1. The summed E-state index contributed by atoms with van der Waals surface area (Å²) in [5.74, 6) is 0.652. The number of benzene rings is 2. The SMILES string of the molecule is O=C(O)C1CCC2=C(C1)c1ccccc1Oc1ccccc12. The summed E-state index contributed by atoms with van der Waals surface area (Å²) >= 11 is 0. The zero-order valence-electron chi connectivity index (χ0n) is 12.1. The van der Waals surface area contributed by atoms with Crippen molar-refractivity contribution in [3.63, 3.8) is 0 Å². The number of rotatable bonds is 1. The third-order valence-electron chi connectivity index (χ3n) is 4.55. The Labute approximate surface area is 128 Å². The van der Waals surface area contributed by atoms with Crippen LogP contribution in [0.3, 0.4) is 0 Å². The number of hydrogen-bond acceptors (Lipinski definition) is 2. The highest BCUT2D eigenvalue weighted by Crippen LogP contribution is 2.48. The van der Waals surface area contributed by atoms with E-state index in [2.05, 4.69) is 6.07 Å². The van der Waals surface area contributed by atoms with Crippen molar-refractivity contribution in [1.82, 2.24) is 0 Å². The first-order valence-corrected chi connectivity index (χ1v) is 7.55. The Morgan fingerprint density at radius 1 is 0.955 bits per heavy atom. The molecule has 1 heterocycles. The van der Waals surface area contributed by atoms with Crippen LogP contribution < -0.4 is 4.74 Å². The number of fused-ring (bicyclic) bond motifs is 4.